The number of carbonyl (C=O) groups excluding carboxylic acids is 1. The Bertz CT molecular complexity index is 1190. The Morgan fingerprint density at radius 3 is 2.63 bits per heavy atom. The number of anilines is 1. The second kappa shape index (κ2) is 8.61. The van der Waals surface area contributed by atoms with Gasteiger partial charge in [0.15, 0.2) is 5.52 Å². The molecule has 0 unspecified atom stereocenters. The number of hydrogen-bond acceptors (Lipinski definition) is 6. The lowest BCUT2D eigenvalue weighted by atomic mass is 10.2. The standard InChI is InChI=1S/C20H22ClN5O3S/c1-2-3-8-26-18(27)16-15(22-20(26)29)17(30-23-16)19(28)25-11-9-24(10-12-25)14-7-5-4-6-13(14)21/h4-7H,2-3,8-12H2,1H3,(H,22,29). The van der Waals surface area contributed by atoms with Crippen molar-refractivity contribution in [1.29, 1.82) is 0 Å². The van der Waals surface area contributed by atoms with Gasteiger partial charge in [0, 0.05) is 32.7 Å². The number of hydrogen-bond donors (Lipinski definition) is 1. The Kier molecular flexibility index (Phi) is 5.92. The van der Waals surface area contributed by atoms with E-state index in [0.29, 0.717) is 42.6 Å². The number of amides is 1. The van der Waals surface area contributed by atoms with Gasteiger partial charge in [0.05, 0.1) is 16.2 Å². The number of halogens is 1. The summed E-state index contributed by atoms with van der Waals surface area (Å²) in [5.41, 5.74) is 0.390. The molecule has 0 aliphatic carbocycles. The zero-order chi connectivity index (χ0) is 21.3. The molecule has 1 fully saturated rings. The van der Waals surface area contributed by atoms with Gasteiger partial charge in [-0.15, -0.1) is 0 Å². The van der Waals surface area contributed by atoms with Crippen LogP contribution in [0.3, 0.4) is 0 Å². The first kappa shape index (κ1) is 20.6. The van der Waals surface area contributed by atoms with Crippen LogP contribution < -0.4 is 16.1 Å². The Morgan fingerprint density at radius 1 is 1.20 bits per heavy atom. The second-order valence-electron chi connectivity index (χ2n) is 7.21. The van der Waals surface area contributed by atoms with Gasteiger partial charge in [-0.2, -0.15) is 4.37 Å². The first-order valence-corrected chi connectivity index (χ1v) is 11.1. The fraction of sp³-hybridized carbons (Fsp3) is 0.400. The Labute approximate surface area is 181 Å². The summed E-state index contributed by atoms with van der Waals surface area (Å²) in [6, 6.07) is 7.63. The van der Waals surface area contributed by atoms with Crippen LogP contribution in [0.2, 0.25) is 5.02 Å². The molecule has 4 rings (SSSR count). The summed E-state index contributed by atoms with van der Waals surface area (Å²) < 4.78 is 5.34. The molecule has 0 spiro atoms. The van der Waals surface area contributed by atoms with Crippen LogP contribution in [0.4, 0.5) is 5.69 Å². The third-order valence-corrected chi connectivity index (χ3v) is 6.46. The fourth-order valence-corrected chi connectivity index (χ4v) is 4.67. The Morgan fingerprint density at radius 2 is 1.93 bits per heavy atom. The van der Waals surface area contributed by atoms with Crippen LogP contribution in [0, 0.1) is 0 Å². The Balaban J connectivity index is 1.55. The number of piperazine rings is 1. The van der Waals surface area contributed by atoms with E-state index in [9.17, 15) is 14.4 Å². The predicted octanol–water partition coefficient (Wildman–Crippen LogP) is 2.56. The van der Waals surface area contributed by atoms with E-state index < -0.39 is 11.2 Å². The van der Waals surface area contributed by atoms with Crippen molar-refractivity contribution in [2.24, 2.45) is 0 Å². The van der Waals surface area contributed by atoms with Crippen LogP contribution in [-0.4, -0.2) is 50.9 Å². The van der Waals surface area contributed by atoms with Crippen molar-refractivity contribution in [3.8, 4) is 0 Å². The number of aromatic amines is 1. The summed E-state index contributed by atoms with van der Waals surface area (Å²) >= 11 is 7.24. The minimum atomic E-state index is -0.501. The Hall–Kier alpha value is -2.65. The molecule has 30 heavy (non-hydrogen) atoms. The topological polar surface area (TPSA) is 91.3 Å². The van der Waals surface area contributed by atoms with Gasteiger partial charge in [-0.1, -0.05) is 37.1 Å². The molecule has 1 N–H and O–H groups in total. The third kappa shape index (κ3) is 3.75. The number of H-pyrrole nitrogens is 1. The van der Waals surface area contributed by atoms with Crippen molar-refractivity contribution in [3.05, 3.63) is 55.0 Å². The van der Waals surface area contributed by atoms with E-state index in [0.717, 1.165) is 34.6 Å². The molecule has 1 amide bonds. The normalized spacial score (nSPS) is 14.5. The highest BCUT2D eigenvalue weighted by atomic mass is 35.5. The van der Waals surface area contributed by atoms with E-state index in [1.165, 1.54) is 0 Å². The number of rotatable bonds is 5. The second-order valence-corrected chi connectivity index (χ2v) is 8.39. The summed E-state index contributed by atoms with van der Waals surface area (Å²) in [5.74, 6) is -0.220. The molecule has 10 heteroatoms. The minimum Gasteiger partial charge on any atom is -0.367 e. The third-order valence-electron chi connectivity index (χ3n) is 5.31. The van der Waals surface area contributed by atoms with Gasteiger partial charge in [0.1, 0.15) is 4.88 Å². The van der Waals surface area contributed by atoms with Crippen LogP contribution in [0.15, 0.2) is 33.9 Å². The molecule has 8 nitrogen and oxygen atoms in total. The molecular formula is C20H22ClN5O3S. The molecule has 3 aromatic rings. The largest absolute Gasteiger partial charge is 0.367 e. The minimum absolute atomic E-state index is 0.147. The molecule has 0 saturated carbocycles. The summed E-state index contributed by atoms with van der Waals surface area (Å²) in [6.45, 7) is 4.65. The smallest absolute Gasteiger partial charge is 0.328 e. The quantitative estimate of drug-likeness (QED) is 0.649. The number of fused-ring (bicyclic) bond motifs is 1. The average Bonchev–Trinajstić information content (AvgIpc) is 3.17. The maximum Gasteiger partial charge on any atom is 0.328 e. The monoisotopic (exact) mass is 447 g/mol. The van der Waals surface area contributed by atoms with E-state index in [2.05, 4.69) is 14.3 Å². The van der Waals surface area contributed by atoms with Crippen LogP contribution in [0.5, 0.6) is 0 Å². The maximum absolute atomic E-state index is 13.1. The molecule has 0 radical (unpaired) electrons. The first-order valence-electron chi connectivity index (χ1n) is 9.92. The summed E-state index contributed by atoms with van der Waals surface area (Å²) in [7, 11) is 0. The summed E-state index contributed by atoms with van der Waals surface area (Å²) in [6.07, 6.45) is 1.59. The molecule has 1 aliphatic rings. The number of nitrogens with one attached hydrogen (secondary N) is 1. The van der Waals surface area contributed by atoms with Crippen LogP contribution in [0.1, 0.15) is 29.4 Å². The number of carbonyl (C=O) groups is 1. The average molecular weight is 448 g/mol. The molecule has 2 aromatic heterocycles. The van der Waals surface area contributed by atoms with E-state index in [4.69, 9.17) is 11.6 Å². The lowest BCUT2D eigenvalue weighted by Gasteiger charge is -2.36. The van der Waals surface area contributed by atoms with Gasteiger partial charge < -0.3 is 14.8 Å². The fourth-order valence-electron chi connectivity index (χ4n) is 3.61. The number of benzene rings is 1. The zero-order valence-corrected chi connectivity index (χ0v) is 18.1. The van der Waals surface area contributed by atoms with Crippen molar-refractivity contribution in [2.75, 3.05) is 31.1 Å². The number of aromatic nitrogens is 3. The maximum atomic E-state index is 13.1. The van der Waals surface area contributed by atoms with Crippen molar-refractivity contribution in [2.45, 2.75) is 26.3 Å². The zero-order valence-electron chi connectivity index (χ0n) is 16.6. The molecule has 158 valence electrons. The highest BCUT2D eigenvalue weighted by Crippen LogP contribution is 2.27. The van der Waals surface area contributed by atoms with Crippen LogP contribution in [0.25, 0.3) is 11.0 Å². The van der Waals surface area contributed by atoms with Crippen molar-refractivity contribution in [1.82, 2.24) is 18.8 Å². The number of unbranched alkanes of at least 4 members (excludes halogenated alkanes) is 1. The van der Waals surface area contributed by atoms with Crippen molar-refractivity contribution >= 4 is 45.8 Å². The lowest BCUT2D eigenvalue weighted by Crippen LogP contribution is -2.48. The van der Waals surface area contributed by atoms with Gasteiger partial charge in [-0.25, -0.2) is 4.79 Å². The van der Waals surface area contributed by atoms with E-state index in [-0.39, 0.29) is 16.9 Å². The lowest BCUT2D eigenvalue weighted by molar-refractivity contribution is 0.0753. The van der Waals surface area contributed by atoms with Gasteiger partial charge in [-0.3, -0.25) is 14.2 Å². The molecular weight excluding hydrogens is 426 g/mol. The van der Waals surface area contributed by atoms with Crippen molar-refractivity contribution in [3.63, 3.8) is 0 Å². The molecule has 0 bridgehead atoms. The van der Waals surface area contributed by atoms with Gasteiger partial charge >= 0.3 is 5.69 Å². The SMILES string of the molecule is CCCCn1c(=O)[nH]c2c(C(=O)N3CCN(c4ccccc4Cl)CC3)snc2c1=O. The van der Waals surface area contributed by atoms with Gasteiger partial charge in [0.25, 0.3) is 11.5 Å². The predicted molar refractivity (Wildman–Crippen MR) is 119 cm³/mol. The van der Waals surface area contributed by atoms with E-state index >= 15 is 0 Å². The summed E-state index contributed by atoms with van der Waals surface area (Å²) in [5, 5.41) is 0.683. The van der Waals surface area contributed by atoms with Gasteiger partial charge in [-0.05, 0) is 30.1 Å². The molecule has 1 aliphatic heterocycles. The van der Waals surface area contributed by atoms with E-state index in [1.54, 1.807) is 4.90 Å². The number of para-hydroxylation sites is 1. The van der Waals surface area contributed by atoms with Gasteiger partial charge in [0.2, 0.25) is 0 Å². The first-order chi connectivity index (χ1) is 14.5. The van der Waals surface area contributed by atoms with Crippen LogP contribution >= 0.6 is 23.1 Å². The summed E-state index contributed by atoms with van der Waals surface area (Å²) in [4.78, 5) is 45.0. The molecule has 1 saturated heterocycles. The van der Waals surface area contributed by atoms with Crippen LogP contribution in [-0.2, 0) is 6.54 Å². The van der Waals surface area contributed by atoms with E-state index in [1.807, 2.05) is 31.2 Å². The molecule has 1 aromatic carbocycles. The highest BCUT2D eigenvalue weighted by molar-refractivity contribution is 7.09. The molecule has 3 heterocycles. The van der Waals surface area contributed by atoms with Crippen molar-refractivity contribution < 1.29 is 4.79 Å². The number of nitrogens with zero attached hydrogens (tertiary/aromatic N) is 4. The highest BCUT2D eigenvalue weighted by Gasteiger charge is 2.27. The molecule has 0 atom stereocenters.